The molecule has 1 heterocycles. The van der Waals surface area contributed by atoms with Crippen LogP contribution in [-0.2, 0) is 9.59 Å². The second-order valence-electron chi connectivity index (χ2n) is 10.4. The molecule has 0 spiro atoms. The second kappa shape index (κ2) is 8.19. The van der Waals surface area contributed by atoms with Crippen molar-refractivity contribution < 1.29 is 19.5 Å². The van der Waals surface area contributed by atoms with E-state index in [-0.39, 0.29) is 16.9 Å². The van der Waals surface area contributed by atoms with Crippen LogP contribution >= 0.6 is 0 Å². The molecule has 1 saturated carbocycles. The number of carbonyl (C=O) groups is 3. The number of aliphatic imine (C=N–C) groups is 1. The van der Waals surface area contributed by atoms with Crippen molar-refractivity contribution in [2.24, 2.45) is 21.7 Å². The van der Waals surface area contributed by atoms with E-state index in [1.54, 1.807) is 0 Å². The zero-order valence-corrected chi connectivity index (χ0v) is 19.3. The number of imide groups is 2. The molecule has 1 saturated heterocycles. The summed E-state index contributed by atoms with van der Waals surface area (Å²) >= 11 is 0. The van der Waals surface area contributed by atoms with Gasteiger partial charge in [0.25, 0.3) is 5.91 Å². The van der Waals surface area contributed by atoms with Crippen LogP contribution in [0, 0.1) is 37.5 Å². The van der Waals surface area contributed by atoms with Crippen LogP contribution in [0.15, 0.2) is 17.1 Å². The molecule has 31 heavy (non-hydrogen) atoms. The number of urea groups is 1. The highest BCUT2D eigenvalue weighted by molar-refractivity contribution is 6.32. The number of benzene rings is 1. The molecule has 0 radical (unpaired) electrons. The van der Waals surface area contributed by atoms with E-state index in [0.29, 0.717) is 18.7 Å². The first kappa shape index (κ1) is 23.1. The summed E-state index contributed by atoms with van der Waals surface area (Å²) in [5.41, 5.74) is 2.90. The van der Waals surface area contributed by atoms with Crippen molar-refractivity contribution >= 4 is 29.7 Å². The quantitative estimate of drug-likeness (QED) is 0.568. The van der Waals surface area contributed by atoms with Crippen LogP contribution in [-0.4, -0.2) is 41.8 Å². The Hall–Kier alpha value is -2.54. The van der Waals surface area contributed by atoms with Gasteiger partial charge in [0.2, 0.25) is 5.91 Å². The number of hydrogen-bond acceptors (Lipinski definition) is 5. The van der Waals surface area contributed by atoms with Gasteiger partial charge < -0.3 is 5.11 Å². The van der Waals surface area contributed by atoms with Crippen LogP contribution in [0.3, 0.4) is 0 Å². The van der Waals surface area contributed by atoms with Crippen molar-refractivity contribution in [1.82, 2.24) is 5.32 Å². The SMILES string of the molecule is Cc1cc(C)c(N2C(=O)NC(=O)[C@H](C=NC[C@]3(C)C[C@@H](O)CC(C)(C)C3)C2=O)c(C)c1. The van der Waals surface area contributed by atoms with Crippen molar-refractivity contribution in [3.05, 3.63) is 28.8 Å². The highest BCUT2D eigenvalue weighted by Crippen LogP contribution is 2.46. The van der Waals surface area contributed by atoms with Gasteiger partial charge in [-0.1, -0.05) is 38.5 Å². The van der Waals surface area contributed by atoms with Crippen LogP contribution in [0.25, 0.3) is 0 Å². The first-order valence-electron chi connectivity index (χ1n) is 10.8. The van der Waals surface area contributed by atoms with Gasteiger partial charge in [0.15, 0.2) is 5.92 Å². The Kier molecular flexibility index (Phi) is 6.11. The third-order valence-corrected chi connectivity index (χ3v) is 6.21. The largest absolute Gasteiger partial charge is 0.393 e. The first-order valence-corrected chi connectivity index (χ1v) is 10.8. The molecular formula is C24H33N3O4. The third kappa shape index (κ3) is 4.87. The van der Waals surface area contributed by atoms with E-state index in [9.17, 15) is 19.5 Å². The first-order chi connectivity index (χ1) is 14.3. The lowest BCUT2D eigenvalue weighted by Gasteiger charge is -2.44. The predicted octanol–water partition coefficient (Wildman–Crippen LogP) is 3.46. The normalized spacial score (nSPS) is 28.9. The molecular weight excluding hydrogens is 394 g/mol. The minimum Gasteiger partial charge on any atom is -0.393 e. The third-order valence-electron chi connectivity index (χ3n) is 6.21. The molecule has 0 unspecified atom stereocenters. The predicted molar refractivity (Wildman–Crippen MR) is 120 cm³/mol. The standard InChI is InChI=1S/C24H33N3O4/c1-14-7-15(2)19(16(3)8-14)27-21(30)18(20(29)26-22(27)31)11-25-13-24(6)10-17(28)9-23(4,5)12-24/h7-8,11,17-18,28H,9-10,12-13H2,1-6H3,(H,26,29,31)/t17-,18-,24+/m0/s1. The smallest absolute Gasteiger partial charge is 0.335 e. The number of nitrogens with one attached hydrogen (secondary N) is 1. The van der Waals surface area contributed by atoms with Gasteiger partial charge in [-0.25, -0.2) is 9.69 Å². The number of hydrogen-bond donors (Lipinski definition) is 2. The monoisotopic (exact) mass is 427 g/mol. The van der Waals surface area contributed by atoms with Gasteiger partial charge in [0.05, 0.1) is 11.8 Å². The summed E-state index contributed by atoms with van der Waals surface area (Å²) in [6.45, 7) is 12.4. The molecule has 3 atom stereocenters. The van der Waals surface area contributed by atoms with Crippen LogP contribution in [0.1, 0.15) is 56.7 Å². The number of carbonyl (C=O) groups excluding carboxylic acids is 3. The fourth-order valence-corrected chi connectivity index (χ4v) is 5.54. The fraction of sp³-hybridized carbons (Fsp3) is 0.583. The highest BCUT2D eigenvalue weighted by atomic mass is 16.3. The van der Waals surface area contributed by atoms with E-state index < -0.39 is 23.8 Å². The topological polar surface area (TPSA) is 99.1 Å². The molecule has 0 aromatic heterocycles. The van der Waals surface area contributed by atoms with E-state index in [0.717, 1.165) is 34.4 Å². The Morgan fingerprint density at radius 3 is 2.32 bits per heavy atom. The molecule has 3 rings (SSSR count). The van der Waals surface area contributed by atoms with E-state index in [2.05, 4.69) is 31.1 Å². The molecule has 2 aliphatic rings. The number of aliphatic hydroxyl groups excluding tert-OH is 1. The van der Waals surface area contributed by atoms with E-state index >= 15 is 0 Å². The Morgan fingerprint density at radius 1 is 1.13 bits per heavy atom. The summed E-state index contributed by atoms with van der Waals surface area (Å²) in [6.07, 6.45) is 3.25. The Bertz CT molecular complexity index is 929. The molecule has 1 aliphatic heterocycles. The molecule has 1 aromatic carbocycles. The van der Waals surface area contributed by atoms with Crippen LogP contribution in [0.2, 0.25) is 0 Å². The van der Waals surface area contributed by atoms with Crippen molar-refractivity contribution in [3.8, 4) is 0 Å². The molecule has 0 bridgehead atoms. The zero-order chi connectivity index (χ0) is 23.1. The van der Waals surface area contributed by atoms with Gasteiger partial charge in [-0.05, 0) is 62.0 Å². The van der Waals surface area contributed by atoms with Gasteiger partial charge in [0.1, 0.15) is 0 Å². The van der Waals surface area contributed by atoms with Gasteiger partial charge in [0, 0.05) is 12.8 Å². The summed E-state index contributed by atoms with van der Waals surface area (Å²) < 4.78 is 0. The number of barbiturate groups is 1. The van der Waals surface area contributed by atoms with E-state index in [4.69, 9.17) is 0 Å². The van der Waals surface area contributed by atoms with Crippen molar-refractivity contribution in [3.63, 3.8) is 0 Å². The van der Waals surface area contributed by atoms with Crippen LogP contribution < -0.4 is 10.2 Å². The average Bonchev–Trinajstić information content (AvgIpc) is 2.57. The zero-order valence-electron chi connectivity index (χ0n) is 19.3. The number of aliphatic hydroxyl groups is 1. The maximum atomic E-state index is 13.2. The van der Waals surface area contributed by atoms with Crippen molar-refractivity contribution in [1.29, 1.82) is 0 Å². The summed E-state index contributed by atoms with van der Waals surface area (Å²) in [7, 11) is 0. The van der Waals surface area contributed by atoms with Gasteiger partial charge in [-0.2, -0.15) is 0 Å². The van der Waals surface area contributed by atoms with Gasteiger partial charge >= 0.3 is 6.03 Å². The van der Waals surface area contributed by atoms with Crippen molar-refractivity contribution in [2.45, 2.75) is 66.9 Å². The summed E-state index contributed by atoms with van der Waals surface area (Å²) in [5.74, 6) is -2.42. The fourth-order valence-electron chi connectivity index (χ4n) is 5.54. The number of aryl methyl sites for hydroxylation is 3. The minimum atomic E-state index is -1.16. The highest BCUT2D eigenvalue weighted by Gasteiger charge is 2.43. The molecule has 2 N–H and O–H groups in total. The number of rotatable bonds is 4. The maximum absolute atomic E-state index is 13.2. The number of anilines is 1. The summed E-state index contributed by atoms with van der Waals surface area (Å²) in [4.78, 5) is 43.6. The Balaban J connectivity index is 1.83. The van der Waals surface area contributed by atoms with E-state index in [1.165, 1.54) is 6.21 Å². The summed E-state index contributed by atoms with van der Waals surface area (Å²) in [5, 5.41) is 12.6. The molecule has 7 nitrogen and oxygen atoms in total. The van der Waals surface area contributed by atoms with E-state index in [1.807, 2.05) is 32.9 Å². The molecule has 4 amide bonds. The maximum Gasteiger partial charge on any atom is 0.335 e. The molecule has 1 aliphatic carbocycles. The van der Waals surface area contributed by atoms with Gasteiger partial charge in [-0.15, -0.1) is 0 Å². The minimum absolute atomic E-state index is 0.00365. The Morgan fingerprint density at radius 2 is 1.74 bits per heavy atom. The average molecular weight is 428 g/mol. The number of amides is 4. The van der Waals surface area contributed by atoms with Gasteiger partial charge in [-0.3, -0.25) is 19.9 Å². The summed E-state index contributed by atoms with van der Waals surface area (Å²) in [6, 6.07) is 3.07. The number of nitrogens with zero attached hydrogens (tertiary/aromatic N) is 2. The van der Waals surface area contributed by atoms with Crippen LogP contribution in [0.5, 0.6) is 0 Å². The molecule has 1 aromatic rings. The lowest BCUT2D eigenvalue weighted by atomic mass is 9.63. The lowest BCUT2D eigenvalue weighted by molar-refractivity contribution is -0.131. The lowest BCUT2D eigenvalue weighted by Crippen LogP contribution is -2.59. The Labute approximate surface area is 183 Å². The molecule has 2 fully saturated rings. The molecule has 7 heteroatoms. The van der Waals surface area contributed by atoms with Crippen LogP contribution in [0.4, 0.5) is 10.5 Å². The van der Waals surface area contributed by atoms with Crippen molar-refractivity contribution in [2.75, 3.05) is 11.4 Å². The molecule has 168 valence electrons. The second-order valence-corrected chi connectivity index (χ2v) is 10.4.